The normalized spacial score (nSPS) is 15.4. The Balaban J connectivity index is 1.74. The van der Waals surface area contributed by atoms with Crippen LogP contribution in [0.4, 0.5) is 0 Å². The summed E-state index contributed by atoms with van der Waals surface area (Å²) in [6.45, 7) is 5.10. The van der Waals surface area contributed by atoms with E-state index in [4.69, 9.17) is 33.3 Å². The molecule has 0 saturated carbocycles. The highest BCUT2D eigenvalue weighted by molar-refractivity contribution is 7.80. The number of nitrogens with one attached hydrogen (secondary N) is 2. The molecular weight excluding hydrogens is 352 g/mol. The van der Waals surface area contributed by atoms with Gasteiger partial charge in [-0.25, -0.2) is 0 Å². The number of nitrogens with zero attached hydrogens (tertiary/aromatic N) is 2. The largest absolute Gasteiger partial charge is 0.503 e. The van der Waals surface area contributed by atoms with Crippen molar-refractivity contribution < 1.29 is 14.6 Å². The highest BCUT2D eigenvalue weighted by Crippen LogP contribution is 2.34. The number of methoxy groups -OCH3 is 1. The molecule has 1 fully saturated rings. The topological polar surface area (TPSA) is 78.4 Å². The molecule has 1 aromatic carbocycles. The third-order valence-corrected chi connectivity index (χ3v) is 3.99. The molecule has 1 saturated heterocycles. The van der Waals surface area contributed by atoms with E-state index in [0.29, 0.717) is 10.7 Å². The second-order valence-corrected chi connectivity index (χ2v) is 5.95. The number of benzene rings is 1. The molecule has 3 N–H and O–H groups in total. The summed E-state index contributed by atoms with van der Waals surface area (Å²) in [7, 11) is 1.46. The Kier molecular flexibility index (Phi) is 7.51. The summed E-state index contributed by atoms with van der Waals surface area (Å²) in [5.74, 6) is 0.194. The van der Waals surface area contributed by atoms with Gasteiger partial charge in [-0.3, -0.25) is 10.3 Å². The number of morpholine rings is 1. The van der Waals surface area contributed by atoms with Crippen LogP contribution < -0.4 is 15.5 Å². The smallest absolute Gasteiger partial charge is 0.187 e. The quantitative estimate of drug-likeness (QED) is 0.393. The van der Waals surface area contributed by atoms with E-state index in [1.165, 1.54) is 7.11 Å². The Bertz CT molecular complexity index is 594. The van der Waals surface area contributed by atoms with E-state index in [1.54, 1.807) is 18.3 Å². The third-order valence-electron chi connectivity index (χ3n) is 3.47. The number of hydrazone groups is 1. The molecule has 2 rings (SSSR count). The van der Waals surface area contributed by atoms with E-state index in [2.05, 4.69) is 20.7 Å². The van der Waals surface area contributed by atoms with Gasteiger partial charge in [0.25, 0.3) is 0 Å². The Hall–Kier alpha value is -1.61. The SMILES string of the molecule is COc1cc(/C=N/NC(=S)NCCN2CCOCC2)cc(Cl)c1O. The Labute approximate surface area is 151 Å². The number of aromatic hydroxyl groups is 1. The van der Waals surface area contributed by atoms with Crippen LogP contribution in [0.25, 0.3) is 0 Å². The van der Waals surface area contributed by atoms with Crippen LogP contribution in [0.2, 0.25) is 5.02 Å². The molecule has 132 valence electrons. The van der Waals surface area contributed by atoms with Gasteiger partial charge < -0.3 is 19.9 Å². The zero-order valence-corrected chi connectivity index (χ0v) is 15.0. The molecule has 0 aliphatic carbocycles. The van der Waals surface area contributed by atoms with Crippen molar-refractivity contribution >= 4 is 35.1 Å². The molecule has 9 heteroatoms. The van der Waals surface area contributed by atoms with Crippen LogP contribution in [-0.4, -0.2) is 67.8 Å². The van der Waals surface area contributed by atoms with E-state index >= 15 is 0 Å². The van der Waals surface area contributed by atoms with Crippen molar-refractivity contribution in [2.45, 2.75) is 0 Å². The molecule has 0 unspecified atom stereocenters. The van der Waals surface area contributed by atoms with Crippen molar-refractivity contribution in [3.05, 3.63) is 22.7 Å². The summed E-state index contributed by atoms with van der Waals surface area (Å²) >= 11 is 11.1. The number of phenols is 1. The molecule has 0 radical (unpaired) electrons. The number of ether oxygens (including phenoxy) is 2. The van der Waals surface area contributed by atoms with E-state index in [-0.39, 0.29) is 16.5 Å². The van der Waals surface area contributed by atoms with Crippen LogP contribution >= 0.6 is 23.8 Å². The maximum absolute atomic E-state index is 9.68. The van der Waals surface area contributed by atoms with Gasteiger partial charge in [-0.2, -0.15) is 5.10 Å². The fraction of sp³-hybridized carbons (Fsp3) is 0.467. The minimum atomic E-state index is -0.0930. The zero-order valence-electron chi connectivity index (χ0n) is 13.4. The fourth-order valence-corrected chi connectivity index (χ4v) is 2.56. The molecule has 0 aromatic heterocycles. The number of halogens is 1. The maximum Gasteiger partial charge on any atom is 0.187 e. The molecule has 0 atom stereocenters. The summed E-state index contributed by atoms with van der Waals surface area (Å²) in [5, 5.41) is 17.5. The molecule has 0 bridgehead atoms. The van der Waals surface area contributed by atoms with Gasteiger partial charge in [0, 0.05) is 26.2 Å². The van der Waals surface area contributed by atoms with Crippen molar-refractivity contribution in [3.63, 3.8) is 0 Å². The highest BCUT2D eigenvalue weighted by atomic mass is 35.5. The first kappa shape index (κ1) is 18.7. The van der Waals surface area contributed by atoms with E-state index in [0.717, 1.165) is 39.4 Å². The molecule has 24 heavy (non-hydrogen) atoms. The van der Waals surface area contributed by atoms with Crippen molar-refractivity contribution in [1.82, 2.24) is 15.6 Å². The lowest BCUT2D eigenvalue weighted by Crippen LogP contribution is -2.42. The van der Waals surface area contributed by atoms with Crippen LogP contribution in [0, 0.1) is 0 Å². The lowest BCUT2D eigenvalue weighted by molar-refractivity contribution is 0.0389. The first-order valence-electron chi connectivity index (χ1n) is 7.53. The number of thiocarbonyl (C=S) groups is 1. The Morgan fingerprint density at radius 1 is 1.50 bits per heavy atom. The number of hydrogen-bond donors (Lipinski definition) is 3. The van der Waals surface area contributed by atoms with Gasteiger partial charge in [0.2, 0.25) is 0 Å². The lowest BCUT2D eigenvalue weighted by atomic mass is 10.2. The molecule has 7 nitrogen and oxygen atoms in total. The second-order valence-electron chi connectivity index (χ2n) is 5.13. The van der Waals surface area contributed by atoms with Gasteiger partial charge in [-0.15, -0.1) is 0 Å². The first-order valence-corrected chi connectivity index (χ1v) is 8.32. The maximum atomic E-state index is 9.68. The molecular formula is C15H21ClN4O3S. The predicted molar refractivity (Wildman–Crippen MR) is 98.3 cm³/mol. The third kappa shape index (κ3) is 5.79. The van der Waals surface area contributed by atoms with Gasteiger partial charge in [-0.05, 0) is 29.9 Å². The first-order chi connectivity index (χ1) is 11.6. The summed E-state index contributed by atoms with van der Waals surface area (Å²) in [6.07, 6.45) is 1.55. The Morgan fingerprint density at radius 2 is 2.25 bits per heavy atom. The molecule has 1 aliphatic rings. The standard InChI is InChI=1S/C15H21ClN4O3S/c1-22-13-9-11(8-12(16)14(13)21)10-18-19-15(24)17-2-3-20-4-6-23-7-5-20/h8-10,21H,2-7H2,1H3,(H2,17,19,24)/b18-10+. The minimum Gasteiger partial charge on any atom is -0.503 e. The predicted octanol–water partition coefficient (Wildman–Crippen LogP) is 1.18. The van der Waals surface area contributed by atoms with Crippen LogP contribution in [-0.2, 0) is 4.74 Å². The second kappa shape index (κ2) is 9.63. The average Bonchev–Trinajstić information content (AvgIpc) is 2.59. The van der Waals surface area contributed by atoms with Gasteiger partial charge >= 0.3 is 0 Å². The van der Waals surface area contributed by atoms with E-state index < -0.39 is 0 Å². The van der Waals surface area contributed by atoms with Crippen LogP contribution in [0.5, 0.6) is 11.5 Å². The van der Waals surface area contributed by atoms with Gasteiger partial charge in [0.05, 0.1) is 31.6 Å². The monoisotopic (exact) mass is 372 g/mol. The van der Waals surface area contributed by atoms with Crippen molar-refractivity contribution in [3.8, 4) is 11.5 Å². The van der Waals surface area contributed by atoms with Crippen molar-refractivity contribution in [1.29, 1.82) is 0 Å². The van der Waals surface area contributed by atoms with Crippen LogP contribution in [0.15, 0.2) is 17.2 Å². The van der Waals surface area contributed by atoms with Gasteiger partial charge in [0.1, 0.15) is 0 Å². The van der Waals surface area contributed by atoms with Gasteiger partial charge in [-0.1, -0.05) is 11.6 Å². The molecule has 0 amide bonds. The van der Waals surface area contributed by atoms with Crippen molar-refractivity contribution in [2.75, 3.05) is 46.5 Å². The number of hydrogen-bond acceptors (Lipinski definition) is 6. The van der Waals surface area contributed by atoms with E-state index in [9.17, 15) is 5.11 Å². The average molecular weight is 373 g/mol. The summed E-state index contributed by atoms with van der Waals surface area (Å²) in [4.78, 5) is 2.31. The summed E-state index contributed by atoms with van der Waals surface area (Å²) in [6, 6.07) is 3.21. The molecule has 1 aliphatic heterocycles. The lowest BCUT2D eigenvalue weighted by Gasteiger charge is -2.26. The molecule has 1 heterocycles. The number of rotatable bonds is 6. The number of phenolic OH excluding ortho intramolecular Hbond substituents is 1. The zero-order chi connectivity index (χ0) is 17.4. The minimum absolute atomic E-state index is 0.0930. The molecule has 0 spiro atoms. The van der Waals surface area contributed by atoms with Crippen LogP contribution in [0.3, 0.4) is 0 Å². The summed E-state index contributed by atoms with van der Waals surface area (Å²) in [5.41, 5.74) is 3.42. The van der Waals surface area contributed by atoms with Gasteiger partial charge in [0.15, 0.2) is 16.6 Å². The highest BCUT2D eigenvalue weighted by Gasteiger charge is 2.09. The Morgan fingerprint density at radius 3 is 2.96 bits per heavy atom. The van der Waals surface area contributed by atoms with E-state index in [1.807, 2.05) is 0 Å². The van der Waals surface area contributed by atoms with Crippen molar-refractivity contribution in [2.24, 2.45) is 5.10 Å². The fourth-order valence-electron chi connectivity index (χ4n) is 2.18. The van der Waals surface area contributed by atoms with Crippen LogP contribution in [0.1, 0.15) is 5.56 Å². The molecule has 1 aromatic rings. The summed E-state index contributed by atoms with van der Waals surface area (Å²) < 4.78 is 10.3.